The van der Waals surface area contributed by atoms with Crippen LogP contribution >= 0.6 is 0 Å². The Hall–Kier alpha value is -0.820. The van der Waals surface area contributed by atoms with E-state index in [9.17, 15) is 5.11 Å². The Balaban J connectivity index is 1.94. The van der Waals surface area contributed by atoms with Crippen molar-refractivity contribution in [2.45, 2.75) is 59.0 Å². The molecule has 1 aromatic rings. The Bertz CT molecular complexity index is 397. The van der Waals surface area contributed by atoms with E-state index in [0.717, 1.165) is 12.3 Å². The van der Waals surface area contributed by atoms with Gasteiger partial charge in [0.2, 0.25) is 0 Å². The predicted octanol–water partition coefficient (Wildman–Crippen LogP) is 4.03. The third kappa shape index (κ3) is 3.14. The predicted molar refractivity (Wildman–Crippen MR) is 76.7 cm³/mol. The van der Waals surface area contributed by atoms with Crippen LogP contribution in [0.25, 0.3) is 0 Å². The molecule has 0 aliphatic heterocycles. The summed E-state index contributed by atoms with van der Waals surface area (Å²) < 4.78 is 0. The number of aryl methyl sites for hydroxylation is 2. The van der Waals surface area contributed by atoms with Crippen LogP contribution in [0.5, 0.6) is 0 Å². The van der Waals surface area contributed by atoms with Crippen molar-refractivity contribution in [2.75, 3.05) is 0 Å². The van der Waals surface area contributed by atoms with Gasteiger partial charge in [0.05, 0.1) is 6.10 Å². The summed E-state index contributed by atoms with van der Waals surface area (Å²) in [6.07, 6.45) is 5.69. The van der Waals surface area contributed by atoms with E-state index in [4.69, 9.17) is 0 Å². The molecular formula is C17H26O. The van der Waals surface area contributed by atoms with Crippen LogP contribution in [0.1, 0.15) is 49.3 Å². The van der Waals surface area contributed by atoms with Gasteiger partial charge in [-0.15, -0.1) is 0 Å². The molecule has 100 valence electrons. The minimum atomic E-state index is -0.149. The van der Waals surface area contributed by atoms with Crippen molar-refractivity contribution >= 4 is 0 Å². The van der Waals surface area contributed by atoms with Gasteiger partial charge in [-0.1, -0.05) is 38.0 Å². The molecule has 0 bridgehead atoms. The topological polar surface area (TPSA) is 20.2 Å². The van der Waals surface area contributed by atoms with Gasteiger partial charge in [-0.2, -0.15) is 0 Å². The Kier molecular flexibility index (Phi) is 4.45. The Morgan fingerprint density at radius 2 is 2.00 bits per heavy atom. The van der Waals surface area contributed by atoms with Gasteiger partial charge in [0.15, 0.2) is 0 Å². The Morgan fingerprint density at radius 1 is 1.22 bits per heavy atom. The Morgan fingerprint density at radius 3 is 2.61 bits per heavy atom. The van der Waals surface area contributed by atoms with Crippen molar-refractivity contribution < 1.29 is 5.11 Å². The first kappa shape index (κ1) is 13.6. The molecular weight excluding hydrogens is 220 g/mol. The fourth-order valence-electron chi connectivity index (χ4n) is 3.17. The first-order chi connectivity index (χ1) is 8.60. The molecule has 3 unspecified atom stereocenters. The lowest BCUT2D eigenvalue weighted by Crippen LogP contribution is -2.20. The largest absolute Gasteiger partial charge is 0.392 e. The fraction of sp³-hybridized carbons (Fsp3) is 0.647. The quantitative estimate of drug-likeness (QED) is 0.850. The third-order valence-corrected chi connectivity index (χ3v) is 4.72. The minimum Gasteiger partial charge on any atom is -0.392 e. The maximum absolute atomic E-state index is 10.4. The molecule has 0 amide bonds. The van der Waals surface area contributed by atoms with Crippen molar-refractivity contribution in [1.82, 2.24) is 0 Å². The molecule has 0 spiro atoms. The van der Waals surface area contributed by atoms with E-state index in [-0.39, 0.29) is 6.10 Å². The average Bonchev–Trinajstić information content (AvgIpc) is 2.82. The maximum atomic E-state index is 10.4. The van der Waals surface area contributed by atoms with Crippen molar-refractivity contribution in [2.24, 2.45) is 11.8 Å². The molecule has 0 heterocycles. The standard InChI is InChI=1S/C17H26O/c1-4-14-7-8-16(10-14)17(18)11-15-6-5-12(2)13(3)9-15/h5-6,9,14,16-18H,4,7-8,10-11H2,1-3H3. The lowest BCUT2D eigenvalue weighted by molar-refractivity contribution is 0.108. The summed E-state index contributed by atoms with van der Waals surface area (Å²) in [6, 6.07) is 6.56. The van der Waals surface area contributed by atoms with Crippen LogP contribution < -0.4 is 0 Å². The molecule has 1 heteroatoms. The highest BCUT2D eigenvalue weighted by Crippen LogP contribution is 2.35. The molecule has 18 heavy (non-hydrogen) atoms. The highest BCUT2D eigenvalue weighted by molar-refractivity contribution is 5.30. The average molecular weight is 246 g/mol. The third-order valence-electron chi connectivity index (χ3n) is 4.72. The molecule has 0 radical (unpaired) electrons. The molecule has 1 nitrogen and oxygen atoms in total. The van der Waals surface area contributed by atoms with Crippen LogP contribution in [0.4, 0.5) is 0 Å². The lowest BCUT2D eigenvalue weighted by Gasteiger charge is -2.18. The molecule has 1 aliphatic rings. The van der Waals surface area contributed by atoms with Gasteiger partial charge in [-0.3, -0.25) is 0 Å². The summed E-state index contributed by atoms with van der Waals surface area (Å²) >= 11 is 0. The van der Waals surface area contributed by atoms with Gasteiger partial charge in [0.1, 0.15) is 0 Å². The van der Waals surface area contributed by atoms with E-state index in [2.05, 4.69) is 39.0 Å². The number of hydrogen-bond donors (Lipinski definition) is 1. The van der Waals surface area contributed by atoms with Gasteiger partial charge in [-0.25, -0.2) is 0 Å². The highest BCUT2D eigenvalue weighted by atomic mass is 16.3. The van der Waals surface area contributed by atoms with Crippen LogP contribution in [0.3, 0.4) is 0 Å². The molecule has 0 aromatic heterocycles. The monoisotopic (exact) mass is 246 g/mol. The van der Waals surface area contributed by atoms with Crippen molar-refractivity contribution in [3.05, 3.63) is 34.9 Å². The second-order valence-corrected chi connectivity index (χ2v) is 6.04. The first-order valence-corrected chi connectivity index (χ1v) is 7.34. The highest BCUT2D eigenvalue weighted by Gasteiger charge is 2.28. The summed E-state index contributed by atoms with van der Waals surface area (Å²) in [5, 5.41) is 10.4. The van der Waals surface area contributed by atoms with E-state index in [1.807, 2.05) is 0 Å². The molecule has 1 aliphatic carbocycles. The van der Waals surface area contributed by atoms with Crippen molar-refractivity contribution in [3.63, 3.8) is 0 Å². The maximum Gasteiger partial charge on any atom is 0.0608 e. The molecule has 1 N–H and O–H groups in total. The SMILES string of the molecule is CCC1CCC(C(O)Cc2ccc(C)c(C)c2)C1. The summed E-state index contributed by atoms with van der Waals surface area (Å²) in [7, 11) is 0. The lowest BCUT2D eigenvalue weighted by atomic mass is 9.92. The zero-order valence-electron chi connectivity index (χ0n) is 11.9. The zero-order valence-corrected chi connectivity index (χ0v) is 11.9. The van der Waals surface area contributed by atoms with Gasteiger partial charge in [-0.05, 0) is 61.6 Å². The summed E-state index contributed by atoms with van der Waals surface area (Å²) in [5.41, 5.74) is 3.95. The number of aliphatic hydroxyl groups excluding tert-OH is 1. The van der Waals surface area contributed by atoms with Crippen LogP contribution in [0, 0.1) is 25.7 Å². The van der Waals surface area contributed by atoms with Crippen LogP contribution in [0.15, 0.2) is 18.2 Å². The van der Waals surface area contributed by atoms with E-state index < -0.39 is 0 Å². The molecule has 1 fully saturated rings. The summed E-state index contributed by atoms with van der Waals surface area (Å²) in [5.74, 6) is 1.38. The number of benzene rings is 1. The smallest absolute Gasteiger partial charge is 0.0608 e. The van der Waals surface area contributed by atoms with E-state index in [0.29, 0.717) is 5.92 Å². The number of hydrogen-bond acceptors (Lipinski definition) is 1. The van der Waals surface area contributed by atoms with Crippen molar-refractivity contribution in [3.8, 4) is 0 Å². The van der Waals surface area contributed by atoms with Crippen LogP contribution in [0.2, 0.25) is 0 Å². The number of aliphatic hydroxyl groups is 1. The van der Waals surface area contributed by atoms with Gasteiger partial charge < -0.3 is 5.11 Å². The molecule has 1 saturated carbocycles. The summed E-state index contributed by atoms with van der Waals surface area (Å²) in [6.45, 7) is 6.55. The first-order valence-electron chi connectivity index (χ1n) is 7.34. The number of rotatable bonds is 4. The minimum absolute atomic E-state index is 0.149. The molecule has 2 rings (SSSR count). The van der Waals surface area contributed by atoms with E-state index in [1.165, 1.54) is 42.4 Å². The second-order valence-electron chi connectivity index (χ2n) is 6.04. The normalized spacial score (nSPS) is 25.3. The zero-order chi connectivity index (χ0) is 13.1. The molecule has 0 saturated heterocycles. The molecule has 3 atom stereocenters. The van der Waals surface area contributed by atoms with Gasteiger partial charge in [0, 0.05) is 0 Å². The fourth-order valence-corrected chi connectivity index (χ4v) is 3.17. The molecule has 1 aromatic carbocycles. The van der Waals surface area contributed by atoms with Crippen LogP contribution in [-0.4, -0.2) is 11.2 Å². The van der Waals surface area contributed by atoms with Gasteiger partial charge >= 0.3 is 0 Å². The van der Waals surface area contributed by atoms with Gasteiger partial charge in [0.25, 0.3) is 0 Å². The van der Waals surface area contributed by atoms with E-state index >= 15 is 0 Å². The van der Waals surface area contributed by atoms with E-state index in [1.54, 1.807) is 0 Å². The second kappa shape index (κ2) is 5.88. The van der Waals surface area contributed by atoms with Crippen LogP contribution in [-0.2, 0) is 6.42 Å². The Labute approximate surface area is 111 Å². The summed E-state index contributed by atoms with van der Waals surface area (Å²) in [4.78, 5) is 0. The van der Waals surface area contributed by atoms with Crippen molar-refractivity contribution in [1.29, 1.82) is 0 Å².